The zero-order valence-electron chi connectivity index (χ0n) is 8.01. The van der Waals surface area contributed by atoms with Gasteiger partial charge in [0.25, 0.3) is 0 Å². The number of Topliss-reactive ketones (excluding diaryl/α,β-unsaturated/α-hetero) is 1. The van der Waals surface area contributed by atoms with Gasteiger partial charge in [-0.1, -0.05) is 53.9 Å². The van der Waals surface area contributed by atoms with Crippen LogP contribution in [0.15, 0.2) is 30.3 Å². The quantitative estimate of drug-likeness (QED) is 0.757. The van der Waals surface area contributed by atoms with E-state index in [1.807, 2.05) is 30.3 Å². The molecule has 1 heterocycles. The molecule has 1 atom stereocenters. The van der Waals surface area contributed by atoms with Gasteiger partial charge >= 0.3 is 0 Å². The second-order valence-electron chi connectivity index (χ2n) is 3.29. The van der Waals surface area contributed by atoms with Crippen molar-refractivity contribution in [1.82, 2.24) is 0 Å². The van der Waals surface area contributed by atoms with Crippen LogP contribution in [-0.4, -0.2) is 21.2 Å². The van der Waals surface area contributed by atoms with E-state index in [0.29, 0.717) is 6.42 Å². The Morgan fingerprint density at radius 1 is 1.33 bits per heavy atom. The predicted octanol–water partition coefficient (Wildman–Crippen LogP) is 3.23. The third-order valence-corrected chi connectivity index (χ3v) is 4.68. The molecular weight excluding hydrogens is 228 g/mol. The first kappa shape index (κ1) is 10.8. The van der Waals surface area contributed by atoms with E-state index < -0.39 is 0 Å². The Balaban J connectivity index is 1.96. The smallest absolute Gasteiger partial charge is 0.246 e. The zero-order chi connectivity index (χ0) is 10.7. The van der Waals surface area contributed by atoms with Gasteiger partial charge in [0.2, 0.25) is 4.45 Å². The van der Waals surface area contributed by atoms with Gasteiger partial charge in [-0.05, 0) is 0 Å². The summed E-state index contributed by atoms with van der Waals surface area (Å²) in [6.45, 7) is 0. The molecular formula is C11H10O2S2. The van der Waals surface area contributed by atoms with Crippen molar-refractivity contribution >= 4 is 33.8 Å². The van der Waals surface area contributed by atoms with Crippen molar-refractivity contribution in [3.8, 4) is 0 Å². The van der Waals surface area contributed by atoms with Crippen LogP contribution in [0.1, 0.15) is 16.8 Å². The lowest BCUT2D eigenvalue weighted by molar-refractivity contribution is 0.0984. The highest BCUT2D eigenvalue weighted by atomic mass is 32.2. The van der Waals surface area contributed by atoms with Crippen molar-refractivity contribution in [2.24, 2.45) is 0 Å². The Labute approximate surface area is 96.8 Å². The van der Waals surface area contributed by atoms with Crippen LogP contribution in [0, 0.1) is 0 Å². The SMILES string of the molecule is O=C1SCC(CC(=O)c2ccccc2)S1. The molecule has 0 radical (unpaired) electrons. The summed E-state index contributed by atoms with van der Waals surface area (Å²) in [6, 6.07) is 9.23. The van der Waals surface area contributed by atoms with Crippen molar-refractivity contribution in [2.75, 3.05) is 5.75 Å². The van der Waals surface area contributed by atoms with Crippen LogP contribution in [0.2, 0.25) is 0 Å². The number of rotatable bonds is 3. The van der Waals surface area contributed by atoms with Crippen LogP contribution in [-0.2, 0) is 0 Å². The average Bonchev–Trinajstić information content (AvgIpc) is 2.65. The van der Waals surface area contributed by atoms with Crippen LogP contribution in [0.3, 0.4) is 0 Å². The summed E-state index contributed by atoms with van der Waals surface area (Å²) in [7, 11) is 0. The summed E-state index contributed by atoms with van der Waals surface area (Å²) < 4.78 is 0.140. The van der Waals surface area contributed by atoms with Crippen molar-refractivity contribution in [3.05, 3.63) is 35.9 Å². The molecule has 2 rings (SSSR count). The van der Waals surface area contributed by atoms with E-state index in [-0.39, 0.29) is 15.5 Å². The van der Waals surface area contributed by atoms with Crippen molar-refractivity contribution in [3.63, 3.8) is 0 Å². The van der Waals surface area contributed by atoms with Crippen molar-refractivity contribution in [2.45, 2.75) is 11.7 Å². The van der Waals surface area contributed by atoms with Gasteiger partial charge in [-0.2, -0.15) is 0 Å². The van der Waals surface area contributed by atoms with Gasteiger partial charge in [0.15, 0.2) is 5.78 Å². The minimum absolute atomic E-state index is 0.128. The molecule has 0 saturated carbocycles. The third kappa shape index (κ3) is 2.86. The van der Waals surface area contributed by atoms with Gasteiger partial charge < -0.3 is 0 Å². The molecule has 1 fully saturated rings. The molecule has 1 aromatic rings. The maximum atomic E-state index is 11.8. The van der Waals surface area contributed by atoms with E-state index in [9.17, 15) is 9.59 Å². The highest BCUT2D eigenvalue weighted by molar-refractivity contribution is 8.41. The van der Waals surface area contributed by atoms with Crippen LogP contribution in [0.4, 0.5) is 4.79 Å². The molecule has 1 aromatic carbocycles. The van der Waals surface area contributed by atoms with Gasteiger partial charge in [-0.15, -0.1) is 0 Å². The molecule has 1 saturated heterocycles. The summed E-state index contributed by atoms with van der Waals surface area (Å²) in [4.78, 5) is 22.8. The molecule has 15 heavy (non-hydrogen) atoms. The monoisotopic (exact) mass is 238 g/mol. The van der Waals surface area contributed by atoms with E-state index in [1.165, 1.54) is 23.5 Å². The Morgan fingerprint density at radius 3 is 2.67 bits per heavy atom. The predicted molar refractivity (Wildman–Crippen MR) is 64.6 cm³/mol. The normalized spacial score (nSPS) is 20.5. The van der Waals surface area contributed by atoms with E-state index in [0.717, 1.165) is 11.3 Å². The number of thioether (sulfide) groups is 2. The van der Waals surface area contributed by atoms with Gasteiger partial charge in [0.05, 0.1) is 0 Å². The minimum atomic E-state index is 0.128. The molecule has 78 valence electrons. The standard InChI is InChI=1S/C11H10O2S2/c12-10(8-4-2-1-3-5-8)6-9-7-14-11(13)15-9/h1-5,9H,6-7H2. The number of hydrogen-bond donors (Lipinski definition) is 0. The summed E-state index contributed by atoms with van der Waals surface area (Å²) in [5, 5.41) is 0.162. The number of hydrogen-bond acceptors (Lipinski definition) is 4. The minimum Gasteiger partial charge on any atom is -0.294 e. The fraction of sp³-hybridized carbons (Fsp3) is 0.273. The largest absolute Gasteiger partial charge is 0.294 e. The molecule has 0 aromatic heterocycles. The first-order valence-electron chi connectivity index (χ1n) is 4.67. The maximum absolute atomic E-state index is 11.8. The molecule has 4 heteroatoms. The van der Waals surface area contributed by atoms with Gasteiger partial charge in [-0.25, -0.2) is 0 Å². The molecule has 1 unspecified atom stereocenters. The highest BCUT2D eigenvalue weighted by Gasteiger charge is 2.26. The fourth-order valence-corrected chi connectivity index (χ4v) is 3.72. The first-order chi connectivity index (χ1) is 7.25. The summed E-state index contributed by atoms with van der Waals surface area (Å²) in [5.41, 5.74) is 0.738. The summed E-state index contributed by atoms with van der Waals surface area (Å²) in [6.07, 6.45) is 0.466. The molecule has 0 bridgehead atoms. The fourth-order valence-electron chi connectivity index (χ4n) is 1.41. The second-order valence-corrected chi connectivity index (χ2v) is 5.82. The topological polar surface area (TPSA) is 34.1 Å². The summed E-state index contributed by atoms with van der Waals surface area (Å²) in [5.74, 6) is 0.894. The lowest BCUT2D eigenvalue weighted by atomic mass is 10.1. The van der Waals surface area contributed by atoms with Gasteiger partial charge in [0, 0.05) is 23.0 Å². The lowest BCUT2D eigenvalue weighted by Gasteiger charge is -2.04. The van der Waals surface area contributed by atoms with E-state index in [4.69, 9.17) is 0 Å². The number of benzene rings is 1. The van der Waals surface area contributed by atoms with Crippen LogP contribution in [0.5, 0.6) is 0 Å². The molecule has 1 aliphatic rings. The Bertz CT molecular complexity index is 375. The maximum Gasteiger partial charge on any atom is 0.246 e. The second kappa shape index (κ2) is 4.86. The zero-order valence-corrected chi connectivity index (χ0v) is 9.64. The Kier molecular flexibility index (Phi) is 3.49. The van der Waals surface area contributed by atoms with Crippen molar-refractivity contribution in [1.29, 1.82) is 0 Å². The molecule has 2 nitrogen and oxygen atoms in total. The number of ketones is 1. The molecule has 0 spiro atoms. The van der Waals surface area contributed by atoms with Crippen LogP contribution >= 0.6 is 23.5 Å². The molecule has 1 aliphatic heterocycles. The molecule has 0 aliphatic carbocycles. The Hall–Kier alpha value is -0.740. The van der Waals surface area contributed by atoms with E-state index >= 15 is 0 Å². The van der Waals surface area contributed by atoms with Crippen molar-refractivity contribution < 1.29 is 9.59 Å². The number of carbonyl (C=O) groups excluding carboxylic acids is 2. The lowest BCUT2D eigenvalue weighted by Crippen LogP contribution is -2.10. The average molecular weight is 238 g/mol. The van der Waals surface area contributed by atoms with E-state index in [2.05, 4.69) is 0 Å². The van der Waals surface area contributed by atoms with Gasteiger partial charge in [0.1, 0.15) is 0 Å². The molecule has 0 N–H and O–H groups in total. The highest BCUT2D eigenvalue weighted by Crippen LogP contribution is 2.34. The molecule has 0 amide bonds. The van der Waals surface area contributed by atoms with Crippen LogP contribution < -0.4 is 0 Å². The van der Waals surface area contributed by atoms with E-state index in [1.54, 1.807) is 0 Å². The Morgan fingerprint density at radius 2 is 2.07 bits per heavy atom. The summed E-state index contributed by atoms with van der Waals surface area (Å²) >= 11 is 2.61. The number of carbonyl (C=O) groups is 2. The third-order valence-electron chi connectivity index (χ3n) is 2.16. The van der Waals surface area contributed by atoms with Crippen LogP contribution in [0.25, 0.3) is 0 Å². The van der Waals surface area contributed by atoms with Gasteiger partial charge in [-0.3, -0.25) is 9.59 Å². The first-order valence-corrected chi connectivity index (χ1v) is 6.54.